The Labute approximate surface area is 221 Å². The van der Waals surface area contributed by atoms with Gasteiger partial charge in [-0.3, -0.25) is 9.59 Å². The van der Waals surface area contributed by atoms with Crippen molar-refractivity contribution in [1.82, 2.24) is 4.90 Å². The largest absolute Gasteiger partial charge is 0.495 e. The number of carbonyl (C=O) groups excluding carboxylic acids is 2. The topological polar surface area (TPSA) is 77.1 Å². The Bertz CT molecular complexity index is 1360. The van der Waals surface area contributed by atoms with Crippen molar-refractivity contribution in [2.45, 2.75) is 32.2 Å². The third-order valence-electron chi connectivity index (χ3n) is 6.89. The zero-order valence-electron chi connectivity index (χ0n) is 21.0. The number of halogens is 1. The van der Waals surface area contributed by atoms with E-state index in [1.807, 2.05) is 49.1 Å². The van der Waals surface area contributed by atoms with Gasteiger partial charge in [0.25, 0.3) is 5.91 Å². The smallest absolute Gasteiger partial charge is 0.254 e. The first-order valence-electron chi connectivity index (χ1n) is 12.4. The van der Waals surface area contributed by atoms with Gasteiger partial charge >= 0.3 is 0 Å². The van der Waals surface area contributed by atoms with Crippen molar-refractivity contribution in [3.63, 3.8) is 0 Å². The molecular formula is C29H29ClN2O5. The summed E-state index contributed by atoms with van der Waals surface area (Å²) in [6.45, 7) is 5.33. The molecule has 2 amide bonds. The van der Waals surface area contributed by atoms with Gasteiger partial charge < -0.3 is 24.4 Å². The van der Waals surface area contributed by atoms with E-state index in [-0.39, 0.29) is 11.8 Å². The number of nitrogens with zero attached hydrogens (tertiary/aromatic N) is 1. The lowest BCUT2D eigenvalue weighted by molar-refractivity contribution is -0.119. The molecule has 0 aliphatic carbocycles. The Kier molecular flexibility index (Phi) is 6.98. The van der Waals surface area contributed by atoms with Crippen molar-refractivity contribution in [2.24, 2.45) is 0 Å². The molecule has 0 radical (unpaired) electrons. The average Bonchev–Trinajstić information content (AvgIpc) is 2.89. The summed E-state index contributed by atoms with van der Waals surface area (Å²) in [5.41, 5.74) is 3.74. The third kappa shape index (κ3) is 4.48. The number of carbonyl (C=O) groups is 2. The maximum absolute atomic E-state index is 14.0. The summed E-state index contributed by atoms with van der Waals surface area (Å²) in [6, 6.07) is 15.9. The molecule has 0 fully saturated rings. The molecule has 2 heterocycles. The molecule has 0 aromatic heterocycles. The van der Waals surface area contributed by atoms with Crippen LogP contribution in [0.4, 0.5) is 5.69 Å². The van der Waals surface area contributed by atoms with Gasteiger partial charge in [-0.05, 0) is 73.4 Å². The van der Waals surface area contributed by atoms with E-state index in [1.54, 1.807) is 24.3 Å². The molecule has 192 valence electrons. The van der Waals surface area contributed by atoms with Gasteiger partial charge in [-0.15, -0.1) is 0 Å². The van der Waals surface area contributed by atoms with Crippen LogP contribution in [0.5, 0.6) is 17.2 Å². The van der Waals surface area contributed by atoms with Crippen LogP contribution in [0.25, 0.3) is 0 Å². The predicted molar refractivity (Wildman–Crippen MR) is 142 cm³/mol. The fourth-order valence-corrected chi connectivity index (χ4v) is 5.58. The van der Waals surface area contributed by atoms with E-state index >= 15 is 0 Å². The molecule has 2 aliphatic heterocycles. The SMILES string of the molecule is CCOc1cc2c(cc1OCC)[C@@H]1[C@H](C(=O)Nc3ccc(OC)c(Cl)c3)c3ccccc3C(=O)N1CC2. The second kappa shape index (κ2) is 10.3. The van der Waals surface area contributed by atoms with E-state index in [4.69, 9.17) is 25.8 Å². The lowest BCUT2D eigenvalue weighted by Crippen LogP contribution is -2.49. The van der Waals surface area contributed by atoms with Crippen LogP contribution in [0.1, 0.15) is 52.9 Å². The molecule has 8 heteroatoms. The molecule has 37 heavy (non-hydrogen) atoms. The van der Waals surface area contributed by atoms with Gasteiger partial charge in [0.15, 0.2) is 11.5 Å². The maximum atomic E-state index is 14.0. The molecule has 7 nitrogen and oxygen atoms in total. The van der Waals surface area contributed by atoms with Crippen LogP contribution in [0.15, 0.2) is 54.6 Å². The minimum absolute atomic E-state index is 0.0744. The lowest BCUT2D eigenvalue weighted by Gasteiger charge is -2.45. The number of nitrogens with one attached hydrogen (secondary N) is 1. The highest BCUT2D eigenvalue weighted by Gasteiger charge is 2.46. The van der Waals surface area contributed by atoms with E-state index in [0.29, 0.717) is 65.3 Å². The maximum Gasteiger partial charge on any atom is 0.254 e. The molecule has 0 unspecified atom stereocenters. The predicted octanol–water partition coefficient (Wildman–Crippen LogP) is 5.62. The zero-order chi connectivity index (χ0) is 26.1. The van der Waals surface area contributed by atoms with Gasteiger partial charge in [-0.25, -0.2) is 0 Å². The van der Waals surface area contributed by atoms with Crippen molar-refractivity contribution in [3.05, 3.63) is 81.9 Å². The first-order chi connectivity index (χ1) is 18.0. The number of anilines is 1. The van der Waals surface area contributed by atoms with E-state index in [0.717, 1.165) is 11.1 Å². The summed E-state index contributed by atoms with van der Waals surface area (Å²) in [4.78, 5) is 29.4. The van der Waals surface area contributed by atoms with Crippen molar-refractivity contribution in [2.75, 3.05) is 32.2 Å². The Morgan fingerprint density at radius 3 is 2.43 bits per heavy atom. The van der Waals surface area contributed by atoms with Crippen LogP contribution >= 0.6 is 11.6 Å². The quantitative estimate of drug-likeness (QED) is 0.437. The fraction of sp³-hybridized carbons (Fsp3) is 0.310. The highest BCUT2D eigenvalue weighted by molar-refractivity contribution is 6.32. The number of amides is 2. The summed E-state index contributed by atoms with van der Waals surface area (Å²) in [6.07, 6.45) is 0.661. The van der Waals surface area contributed by atoms with Crippen molar-refractivity contribution in [3.8, 4) is 17.2 Å². The fourth-order valence-electron chi connectivity index (χ4n) is 5.32. The van der Waals surface area contributed by atoms with Gasteiger partial charge in [0.05, 0.1) is 37.3 Å². The number of rotatable bonds is 7. The summed E-state index contributed by atoms with van der Waals surface area (Å²) >= 11 is 6.31. The summed E-state index contributed by atoms with van der Waals surface area (Å²) in [5.74, 6) is 0.867. The summed E-state index contributed by atoms with van der Waals surface area (Å²) in [7, 11) is 1.54. The molecule has 0 saturated carbocycles. The van der Waals surface area contributed by atoms with Crippen molar-refractivity contribution in [1.29, 1.82) is 0 Å². The average molecular weight is 521 g/mol. The Balaban J connectivity index is 1.62. The van der Waals surface area contributed by atoms with Crippen LogP contribution in [-0.2, 0) is 11.2 Å². The van der Waals surface area contributed by atoms with Gasteiger partial charge in [-0.1, -0.05) is 29.8 Å². The minimum atomic E-state index is -0.638. The number of benzene rings is 3. The first-order valence-corrected chi connectivity index (χ1v) is 12.8. The lowest BCUT2D eigenvalue weighted by atomic mass is 9.75. The monoisotopic (exact) mass is 520 g/mol. The van der Waals surface area contributed by atoms with E-state index < -0.39 is 12.0 Å². The Hall–Kier alpha value is -3.71. The first kappa shape index (κ1) is 25.0. The second-order valence-electron chi connectivity index (χ2n) is 8.96. The van der Waals surface area contributed by atoms with Crippen LogP contribution in [0.2, 0.25) is 5.02 Å². The molecule has 0 spiro atoms. The molecular weight excluding hydrogens is 492 g/mol. The number of ether oxygens (including phenoxy) is 3. The van der Waals surface area contributed by atoms with Gasteiger partial charge in [0.2, 0.25) is 5.91 Å². The second-order valence-corrected chi connectivity index (χ2v) is 9.37. The summed E-state index contributed by atoms with van der Waals surface area (Å²) < 4.78 is 17.0. The molecule has 3 aromatic carbocycles. The molecule has 5 rings (SSSR count). The molecule has 3 aromatic rings. The number of hydrogen-bond donors (Lipinski definition) is 1. The van der Waals surface area contributed by atoms with Gasteiger partial charge in [-0.2, -0.15) is 0 Å². The highest BCUT2D eigenvalue weighted by atomic mass is 35.5. The van der Waals surface area contributed by atoms with Crippen LogP contribution < -0.4 is 19.5 Å². The molecule has 0 bridgehead atoms. The molecule has 2 atom stereocenters. The minimum Gasteiger partial charge on any atom is -0.495 e. The normalized spacial score (nSPS) is 17.8. The molecule has 2 aliphatic rings. The van der Waals surface area contributed by atoms with E-state index in [2.05, 4.69) is 5.32 Å². The van der Waals surface area contributed by atoms with Crippen LogP contribution in [-0.4, -0.2) is 43.6 Å². The van der Waals surface area contributed by atoms with Crippen LogP contribution in [0, 0.1) is 0 Å². The third-order valence-corrected chi connectivity index (χ3v) is 7.18. The summed E-state index contributed by atoms with van der Waals surface area (Å²) in [5, 5.41) is 3.42. The number of hydrogen-bond acceptors (Lipinski definition) is 5. The molecule has 1 N–H and O–H groups in total. The van der Waals surface area contributed by atoms with Crippen LogP contribution in [0.3, 0.4) is 0 Å². The Morgan fingerprint density at radius 1 is 1.00 bits per heavy atom. The molecule has 0 saturated heterocycles. The highest BCUT2D eigenvalue weighted by Crippen LogP contribution is 2.48. The van der Waals surface area contributed by atoms with E-state index in [9.17, 15) is 9.59 Å². The van der Waals surface area contributed by atoms with Gasteiger partial charge in [0, 0.05) is 17.8 Å². The number of methoxy groups -OCH3 is 1. The Morgan fingerprint density at radius 2 is 1.73 bits per heavy atom. The van der Waals surface area contributed by atoms with Gasteiger partial charge in [0.1, 0.15) is 5.75 Å². The number of fused-ring (bicyclic) bond motifs is 4. The van der Waals surface area contributed by atoms with Crippen molar-refractivity contribution >= 4 is 29.1 Å². The van der Waals surface area contributed by atoms with E-state index in [1.165, 1.54) is 7.11 Å². The zero-order valence-corrected chi connectivity index (χ0v) is 21.8. The van der Waals surface area contributed by atoms with Crippen molar-refractivity contribution < 1.29 is 23.8 Å². The standard InChI is InChI=1S/C29H29ClN2O5/c1-4-36-24-14-17-12-13-32-27(21(17)16-25(24)37-5-2)26(19-8-6-7-9-20(19)29(32)34)28(33)31-18-10-11-23(35-3)22(30)15-18/h6-11,14-16,26-27H,4-5,12-13H2,1-3H3,(H,31,33)/t26-,27-/m1/s1.